The van der Waals surface area contributed by atoms with Gasteiger partial charge < -0.3 is 5.32 Å². The Balaban J connectivity index is 1.61. The Morgan fingerprint density at radius 1 is 1.40 bits per heavy atom. The van der Waals surface area contributed by atoms with Crippen molar-refractivity contribution in [2.75, 3.05) is 5.32 Å². The lowest BCUT2D eigenvalue weighted by molar-refractivity contribution is -0.117. The Morgan fingerprint density at radius 3 is 3.00 bits per heavy atom. The van der Waals surface area contributed by atoms with Crippen LogP contribution in [0.2, 0.25) is 0 Å². The standard InChI is InChI=1S/C19H18FN3OS/c1-3-11-6-13(11)18(24)23-19-22-16-5-4-12(7-17(16)25-19)14-8-21-9-15(20)10(14)2/h4-5,7-9,11,13H,3,6H2,1-2H3,(H,22,23,24)/t11-,13?/m1/s1. The van der Waals surface area contributed by atoms with Crippen molar-refractivity contribution in [3.8, 4) is 11.1 Å². The predicted molar refractivity (Wildman–Crippen MR) is 98.1 cm³/mol. The van der Waals surface area contributed by atoms with Crippen LogP contribution in [0.25, 0.3) is 21.3 Å². The van der Waals surface area contributed by atoms with E-state index < -0.39 is 0 Å². The molecular formula is C19H18FN3OS. The molecule has 4 nitrogen and oxygen atoms in total. The summed E-state index contributed by atoms with van der Waals surface area (Å²) in [5, 5.41) is 3.55. The van der Waals surface area contributed by atoms with Crippen LogP contribution in [0.1, 0.15) is 25.3 Å². The van der Waals surface area contributed by atoms with E-state index in [4.69, 9.17) is 0 Å². The topological polar surface area (TPSA) is 54.9 Å². The number of carbonyl (C=O) groups is 1. The number of aromatic nitrogens is 2. The smallest absolute Gasteiger partial charge is 0.229 e. The van der Waals surface area contributed by atoms with Crippen molar-refractivity contribution < 1.29 is 9.18 Å². The van der Waals surface area contributed by atoms with Gasteiger partial charge in [-0.1, -0.05) is 30.7 Å². The number of anilines is 1. The lowest BCUT2D eigenvalue weighted by Gasteiger charge is -2.05. The average Bonchev–Trinajstić information content (AvgIpc) is 3.29. The Morgan fingerprint density at radius 2 is 2.24 bits per heavy atom. The predicted octanol–water partition coefficient (Wildman–Crippen LogP) is 4.79. The van der Waals surface area contributed by atoms with Gasteiger partial charge in [0.2, 0.25) is 5.91 Å². The SMILES string of the molecule is CC[C@@H]1CC1C(=O)Nc1nc2ccc(-c3cncc(F)c3C)cc2s1. The molecule has 0 radical (unpaired) electrons. The van der Waals surface area contributed by atoms with E-state index in [1.165, 1.54) is 17.5 Å². The molecule has 4 rings (SSSR count). The summed E-state index contributed by atoms with van der Waals surface area (Å²) < 4.78 is 14.7. The number of hydrogen-bond donors (Lipinski definition) is 1. The summed E-state index contributed by atoms with van der Waals surface area (Å²) in [5.41, 5.74) is 3.07. The van der Waals surface area contributed by atoms with Gasteiger partial charge in [-0.2, -0.15) is 0 Å². The second-order valence-corrected chi connectivity index (χ2v) is 7.53. The van der Waals surface area contributed by atoms with Crippen molar-refractivity contribution in [3.63, 3.8) is 0 Å². The van der Waals surface area contributed by atoms with Gasteiger partial charge in [0.15, 0.2) is 5.13 Å². The molecule has 25 heavy (non-hydrogen) atoms. The molecule has 1 aliphatic rings. The number of hydrogen-bond acceptors (Lipinski definition) is 4. The molecule has 6 heteroatoms. The molecule has 2 atom stereocenters. The molecule has 0 aliphatic heterocycles. The summed E-state index contributed by atoms with van der Waals surface area (Å²) in [5.74, 6) is 0.402. The minimum atomic E-state index is -0.315. The van der Waals surface area contributed by atoms with Gasteiger partial charge in [0.1, 0.15) is 5.82 Å². The molecule has 3 aromatic rings. The highest BCUT2D eigenvalue weighted by Gasteiger charge is 2.41. The van der Waals surface area contributed by atoms with Crippen LogP contribution in [-0.4, -0.2) is 15.9 Å². The third kappa shape index (κ3) is 3.02. The zero-order valence-electron chi connectivity index (χ0n) is 14.0. The number of fused-ring (bicyclic) bond motifs is 1. The third-order valence-corrected chi connectivity index (χ3v) is 5.80. The average molecular weight is 355 g/mol. The molecule has 1 saturated carbocycles. The van der Waals surface area contributed by atoms with E-state index in [-0.39, 0.29) is 17.6 Å². The first kappa shape index (κ1) is 16.1. The molecule has 1 aliphatic carbocycles. The largest absolute Gasteiger partial charge is 0.302 e. The quantitative estimate of drug-likeness (QED) is 0.732. The lowest BCUT2D eigenvalue weighted by atomic mass is 10.0. The zero-order valence-corrected chi connectivity index (χ0v) is 14.9. The first-order chi connectivity index (χ1) is 12.1. The molecule has 1 aromatic carbocycles. The molecular weight excluding hydrogens is 337 g/mol. The summed E-state index contributed by atoms with van der Waals surface area (Å²) in [6, 6.07) is 5.77. The van der Waals surface area contributed by atoms with Gasteiger partial charge in [-0.15, -0.1) is 0 Å². The summed E-state index contributed by atoms with van der Waals surface area (Å²) in [6.45, 7) is 3.86. The van der Waals surface area contributed by atoms with Crippen molar-refractivity contribution in [3.05, 3.63) is 42.0 Å². The fourth-order valence-electron chi connectivity index (χ4n) is 3.15. The van der Waals surface area contributed by atoms with E-state index >= 15 is 0 Å². The highest BCUT2D eigenvalue weighted by molar-refractivity contribution is 7.22. The first-order valence-electron chi connectivity index (χ1n) is 8.38. The maximum atomic E-state index is 13.7. The maximum Gasteiger partial charge on any atom is 0.229 e. The highest BCUT2D eigenvalue weighted by atomic mass is 32.1. The fraction of sp³-hybridized carbons (Fsp3) is 0.316. The molecule has 1 unspecified atom stereocenters. The number of rotatable bonds is 4. The molecule has 0 bridgehead atoms. The summed E-state index contributed by atoms with van der Waals surface area (Å²) in [4.78, 5) is 20.6. The van der Waals surface area contributed by atoms with Gasteiger partial charge in [-0.3, -0.25) is 9.78 Å². The van der Waals surface area contributed by atoms with E-state index in [0.29, 0.717) is 16.6 Å². The fourth-order valence-corrected chi connectivity index (χ4v) is 4.06. The molecule has 0 saturated heterocycles. The van der Waals surface area contributed by atoms with Gasteiger partial charge in [-0.25, -0.2) is 9.37 Å². The van der Waals surface area contributed by atoms with Crippen LogP contribution in [0, 0.1) is 24.6 Å². The number of benzene rings is 1. The zero-order chi connectivity index (χ0) is 17.6. The molecule has 0 spiro atoms. The molecule has 1 fully saturated rings. The number of thiazole rings is 1. The summed E-state index contributed by atoms with van der Waals surface area (Å²) in [7, 11) is 0. The highest BCUT2D eigenvalue weighted by Crippen LogP contribution is 2.42. The van der Waals surface area contributed by atoms with Gasteiger partial charge in [-0.05, 0) is 42.5 Å². The molecule has 1 amide bonds. The van der Waals surface area contributed by atoms with Gasteiger partial charge in [0, 0.05) is 17.7 Å². The number of carbonyl (C=O) groups excluding carboxylic acids is 1. The van der Waals surface area contributed by atoms with Crippen LogP contribution < -0.4 is 5.32 Å². The van der Waals surface area contributed by atoms with Crippen molar-refractivity contribution in [1.82, 2.24) is 9.97 Å². The molecule has 128 valence electrons. The van der Waals surface area contributed by atoms with Crippen molar-refractivity contribution >= 4 is 32.6 Å². The van der Waals surface area contributed by atoms with Gasteiger partial charge in [0.05, 0.1) is 16.4 Å². The third-order valence-electron chi connectivity index (χ3n) is 4.87. The number of nitrogens with one attached hydrogen (secondary N) is 1. The van der Waals surface area contributed by atoms with Crippen LogP contribution in [0.5, 0.6) is 0 Å². The van der Waals surface area contributed by atoms with Gasteiger partial charge >= 0.3 is 0 Å². The Labute approximate surface area is 149 Å². The second kappa shape index (κ2) is 6.19. The van der Waals surface area contributed by atoms with Crippen molar-refractivity contribution in [2.45, 2.75) is 26.7 Å². The molecule has 1 N–H and O–H groups in total. The van der Waals surface area contributed by atoms with Crippen LogP contribution in [0.3, 0.4) is 0 Å². The van der Waals surface area contributed by atoms with E-state index in [1.54, 1.807) is 13.1 Å². The second-order valence-electron chi connectivity index (χ2n) is 6.50. The minimum absolute atomic E-state index is 0.0660. The Kier molecular flexibility index (Phi) is 4.00. The summed E-state index contributed by atoms with van der Waals surface area (Å²) >= 11 is 1.44. The normalized spacial score (nSPS) is 19.2. The minimum Gasteiger partial charge on any atom is -0.302 e. The summed E-state index contributed by atoms with van der Waals surface area (Å²) in [6.07, 6.45) is 4.91. The van der Waals surface area contributed by atoms with Crippen molar-refractivity contribution in [1.29, 1.82) is 0 Å². The maximum absolute atomic E-state index is 13.7. The van der Waals surface area contributed by atoms with Gasteiger partial charge in [0.25, 0.3) is 0 Å². The molecule has 2 aromatic heterocycles. The van der Waals surface area contributed by atoms with E-state index in [9.17, 15) is 9.18 Å². The lowest BCUT2D eigenvalue weighted by Crippen LogP contribution is -2.14. The van der Waals surface area contributed by atoms with Crippen LogP contribution in [-0.2, 0) is 4.79 Å². The number of pyridine rings is 1. The van der Waals surface area contributed by atoms with Crippen LogP contribution in [0.15, 0.2) is 30.6 Å². The van der Waals surface area contributed by atoms with Crippen LogP contribution in [0.4, 0.5) is 9.52 Å². The number of halogens is 1. The monoisotopic (exact) mass is 355 g/mol. The van der Waals surface area contributed by atoms with Crippen molar-refractivity contribution in [2.24, 2.45) is 11.8 Å². The number of amides is 1. The number of nitrogens with zero attached hydrogens (tertiary/aromatic N) is 2. The van der Waals surface area contributed by atoms with E-state index in [0.717, 1.165) is 34.2 Å². The Hall–Kier alpha value is -2.34. The van der Waals surface area contributed by atoms with Crippen LogP contribution >= 0.6 is 11.3 Å². The Bertz CT molecular complexity index is 968. The molecule has 2 heterocycles. The first-order valence-corrected chi connectivity index (χ1v) is 9.20. The van der Waals surface area contributed by atoms with E-state index in [2.05, 4.69) is 22.2 Å². The van der Waals surface area contributed by atoms with E-state index in [1.807, 2.05) is 18.2 Å².